The summed E-state index contributed by atoms with van der Waals surface area (Å²) in [6.07, 6.45) is 4.86. The summed E-state index contributed by atoms with van der Waals surface area (Å²) < 4.78 is 24.8. The number of rotatable bonds is 0. The predicted molar refractivity (Wildman–Crippen MR) is 68.2 cm³/mol. The summed E-state index contributed by atoms with van der Waals surface area (Å²) in [5, 5.41) is 0. The number of fused-ring (bicyclic) bond motifs is 3. The van der Waals surface area contributed by atoms with Crippen LogP contribution in [0.25, 0.3) is 5.57 Å². The first-order chi connectivity index (χ1) is 8.00. The zero-order valence-electron chi connectivity index (χ0n) is 9.90. The molecule has 0 saturated carbocycles. The summed E-state index contributed by atoms with van der Waals surface area (Å²) in [7, 11) is -3.27. The van der Waals surface area contributed by atoms with Crippen LogP contribution in [0.3, 0.4) is 0 Å². The van der Waals surface area contributed by atoms with Crippen molar-refractivity contribution >= 4 is 15.4 Å². The van der Waals surface area contributed by atoms with E-state index in [0.717, 1.165) is 23.1 Å². The number of aryl methyl sites for hydroxylation is 1. The highest BCUT2D eigenvalue weighted by Crippen LogP contribution is 2.46. The maximum absolute atomic E-state index is 12.4. The molecule has 88 valence electrons. The second-order valence-corrected chi connectivity index (χ2v) is 6.75. The van der Waals surface area contributed by atoms with Gasteiger partial charge in [0, 0.05) is 5.56 Å². The molecule has 17 heavy (non-hydrogen) atoms. The fourth-order valence-corrected chi connectivity index (χ4v) is 4.43. The highest BCUT2D eigenvalue weighted by atomic mass is 32.2. The summed E-state index contributed by atoms with van der Waals surface area (Å²) in [6, 6.07) is 5.66. The van der Waals surface area contributed by atoms with Gasteiger partial charge in [-0.1, -0.05) is 31.2 Å². The Bertz CT molecular complexity index is 663. The lowest BCUT2D eigenvalue weighted by atomic mass is 9.94. The Morgan fingerprint density at radius 2 is 2.06 bits per heavy atom. The molecule has 0 amide bonds. The van der Waals surface area contributed by atoms with Crippen LogP contribution in [0.4, 0.5) is 0 Å². The van der Waals surface area contributed by atoms with Crippen molar-refractivity contribution in [1.29, 1.82) is 0 Å². The molecule has 3 heteroatoms. The third-order valence-corrected chi connectivity index (χ3v) is 5.25. The van der Waals surface area contributed by atoms with Gasteiger partial charge in [-0.05, 0) is 36.5 Å². The van der Waals surface area contributed by atoms with Gasteiger partial charge in [-0.25, -0.2) is 8.42 Å². The van der Waals surface area contributed by atoms with Crippen molar-refractivity contribution in [1.82, 2.24) is 0 Å². The van der Waals surface area contributed by atoms with Crippen molar-refractivity contribution in [2.75, 3.05) is 0 Å². The van der Waals surface area contributed by atoms with Crippen LogP contribution in [0.5, 0.6) is 0 Å². The molecule has 1 aromatic carbocycles. The van der Waals surface area contributed by atoms with Crippen LogP contribution in [0.1, 0.15) is 24.5 Å². The number of sulfone groups is 1. The Morgan fingerprint density at radius 1 is 1.29 bits per heavy atom. The molecule has 0 N–H and O–H groups in total. The number of hydrogen-bond donors (Lipinski definition) is 0. The summed E-state index contributed by atoms with van der Waals surface area (Å²) in [5.74, 6) is 0.305. The van der Waals surface area contributed by atoms with Gasteiger partial charge >= 0.3 is 0 Å². The van der Waals surface area contributed by atoms with Gasteiger partial charge in [0.15, 0.2) is 0 Å². The lowest BCUT2D eigenvalue weighted by Gasteiger charge is -2.12. The number of allylic oxidation sites excluding steroid dienone is 3. The lowest BCUT2D eigenvalue weighted by Crippen LogP contribution is -2.03. The summed E-state index contributed by atoms with van der Waals surface area (Å²) in [5.41, 5.74) is 2.76. The van der Waals surface area contributed by atoms with Gasteiger partial charge in [0.05, 0.1) is 9.80 Å². The van der Waals surface area contributed by atoms with Gasteiger partial charge in [-0.15, -0.1) is 0 Å². The van der Waals surface area contributed by atoms with Crippen LogP contribution in [0.2, 0.25) is 0 Å². The zero-order chi connectivity index (χ0) is 12.2. The Kier molecular flexibility index (Phi) is 2.11. The molecule has 0 spiro atoms. The number of benzene rings is 1. The number of hydrogen-bond acceptors (Lipinski definition) is 2. The predicted octanol–water partition coefficient (Wildman–Crippen LogP) is 3.09. The van der Waals surface area contributed by atoms with Crippen molar-refractivity contribution in [3.8, 4) is 0 Å². The Hall–Kier alpha value is -1.35. The minimum atomic E-state index is -3.27. The van der Waals surface area contributed by atoms with Gasteiger partial charge in [0.2, 0.25) is 9.84 Å². The van der Waals surface area contributed by atoms with E-state index in [1.807, 2.05) is 32.1 Å². The highest BCUT2D eigenvalue weighted by Gasteiger charge is 2.37. The van der Waals surface area contributed by atoms with Crippen LogP contribution in [-0.2, 0) is 9.84 Å². The van der Waals surface area contributed by atoms with Gasteiger partial charge in [-0.3, -0.25) is 0 Å². The second kappa shape index (κ2) is 3.33. The van der Waals surface area contributed by atoms with Crippen LogP contribution in [-0.4, -0.2) is 8.42 Å². The molecule has 2 aliphatic rings. The van der Waals surface area contributed by atoms with Crippen molar-refractivity contribution in [2.24, 2.45) is 5.92 Å². The third-order valence-electron chi connectivity index (χ3n) is 3.40. The smallest absolute Gasteiger partial charge is 0.207 e. The average molecular weight is 246 g/mol. The lowest BCUT2D eigenvalue weighted by molar-refractivity contribution is 0.603. The van der Waals surface area contributed by atoms with Crippen molar-refractivity contribution in [2.45, 2.75) is 25.2 Å². The van der Waals surface area contributed by atoms with E-state index >= 15 is 0 Å². The van der Waals surface area contributed by atoms with E-state index in [9.17, 15) is 8.42 Å². The molecule has 1 atom stereocenters. The molecule has 3 rings (SSSR count). The SMILES string of the molecule is Cc1ccc2c(c1)S(=O)(=O)C1=CC(C)CC=C12. The molecule has 0 aromatic heterocycles. The minimum absolute atomic E-state index is 0.305. The molecular weight excluding hydrogens is 232 g/mol. The second-order valence-electron chi connectivity index (χ2n) is 4.86. The monoisotopic (exact) mass is 246 g/mol. The molecule has 0 fully saturated rings. The van der Waals surface area contributed by atoms with Crippen molar-refractivity contribution < 1.29 is 8.42 Å². The Labute approximate surface area is 102 Å². The van der Waals surface area contributed by atoms with Crippen molar-refractivity contribution in [3.05, 3.63) is 46.4 Å². The van der Waals surface area contributed by atoms with E-state index in [2.05, 4.69) is 6.08 Å². The van der Waals surface area contributed by atoms with Crippen LogP contribution in [0.15, 0.2) is 40.2 Å². The normalized spacial score (nSPS) is 24.7. The average Bonchev–Trinajstić information content (AvgIpc) is 2.49. The summed E-state index contributed by atoms with van der Waals surface area (Å²) >= 11 is 0. The minimum Gasteiger partial charge on any atom is -0.218 e. The molecule has 1 aliphatic carbocycles. The standard InChI is InChI=1S/C14H14O2S/c1-9-3-5-11-12-6-4-10(2)8-14(12)17(15,16)13(11)7-9/h3,5-8,10H,4H2,1-2H3. The van der Waals surface area contributed by atoms with E-state index in [1.165, 1.54) is 0 Å². The molecule has 2 nitrogen and oxygen atoms in total. The molecule has 1 aliphatic heterocycles. The van der Waals surface area contributed by atoms with E-state index in [4.69, 9.17) is 0 Å². The molecule has 0 saturated heterocycles. The first kappa shape index (κ1) is 10.8. The maximum atomic E-state index is 12.4. The van der Waals surface area contributed by atoms with Gasteiger partial charge in [-0.2, -0.15) is 0 Å². The quantitative estimate of drug-likeness (QED) is 0.705. The van der Waals surface area contributed by atoms with E-state index in [1.54, 1.807) is 6.07 Å². The Balaban J connectivity index is 2.36. The van der Waals surface area contributed by atoms with Crippen LogP contribution < -0.4 is 0 Å². The van der Waals surface area contributed by atoms with Crippen molar-refractivity contribution in [3.63, 3.8) is 0 Å². The zero-order valence-corrected chi connectivity index (χ0v) is 10.7. The third kappa shape index (κ3) is 1.42. The largest absolute Gasteiger partial charge is 0.218 e. The summed E-state index contributed by atoms with van der Waals surface area (Å²) in [4.78, 5) is 0.987. The fourth-order valence-electron chi connectivity index (χ4n) is 2.49. The van der Waals surface area contributed by atoms with Gasteiger partial charge in [0.25, 0.3) is 0 Å². The first-order valence-corrected chi connectivity index (χ1v) is 7.27. The molecule has 1 aromatic rings. The summed E-state index contributed by atoms with van der Waals surface area (Å²) in [6.45, 7) is 3.97. The molecule has 1 heterocycles. The molecular formula is C14H14O2S. The topological polar surface area (TPSA) is 34.1 Å². The Morgan fingerprint density at radius 3 is 2.82 bits per heavy atom. The van der Waals surface area contributed by atoms with Gasteiger partial charge in [0.1, 0.15) is 0 Å². The van der Waals surface area contributed by atoms with E-state index in [-0.39, 0.29) is 0 Å². The molecule has 0 bridgehead atoms. The maximum Gasteiger partial charge on any atom is 0.207 e. The molecule has 0 radical (unpaired) electrons. The highest BCUT2D eigenvalue weighted by molar-refractivity contribution is 7.96. The first-order valence-electron chi connectivity index (χ1n) is 5.78. The van der Waals surface area contributed by atoms with Crippen LogP contribution >= 0.6 is 0 Å². The van der Waals surface area contributed by atoms with E-state index < -0.39 is 9.84 Å². The molecule has 1 unspecified atom stereocenters. The van der Waals surface area contributed by atoms with Crippen LogP contribution in [0, 0.1) is 12.8 Å². The van der Waals surface area contributed by atoms with E-state index in [0.29, 0.717) is 15.7 Å². The van der Waals surface area contributed by atoms with Gasteiger partial charge < -0.3 is 0 Å². The fraction of sp³-hybridized carbons (Fsp3) is 0.286.